The molecule has 2 aromatic rings. The number of non-ortho nitro benzene ring substituents is 1. The number of nitrogens with one attached hydrogen (secondary N) is 1. The van der Waals surface area contributed by atoms with Crippen molar-refractivity contribution in [3.8, 4) is 0 Å². The molecule has 2 aromatic carbocycles. The van der Waals surface area contributed by atoms with Gasteiger partial charge in [0.1, 0.15) is 12.6 Å². The molecular weight excluding hydrogens is 520 g/mol. The van der Waals surface area contributed by atoms with Crippen molar-refractivity contribution in [1.82, 2.24) is 10.2 Å². The minimum absolute atomic E-state index is 0.0139. The first-order chi connectivity index (χ1) is 17.3. The van der Waals surface area contributed by atoms with Gasteiger partial charge in [0.25, 0.3) is 5.69 Å². The van der Waals surface area contributed by atoms with Gasteiger partial charge in [-0.1, -0.05) is 56.6 Å². The first kappa shape index (κ1) is 30.0. The third-order valence-corrected chi connectivity index (χ3v) is 7.22. The zero-order valence-corrected chi connectivity index (χ0v) is 23.2. The van der Waals surface area contributed by atoms with Gasteiger partial charge >= 0.3 is 0 Å². The Bertz CT molecular complexity index is 1250. The molecule has 0 aromatic heterocycles. The van der Waals surface area contributed by atoms with Gasteiger partial charge in [-0.25, -0.2) is 8.42 Å². The molecule has 2 amide bonds. The fourth-order valence-corrected chi connectivity index (χ4v) is 4.82. The average molecular weight is 553 g/mol. The molecular formula is C25H33ClN4O6S. The highest BCUT2D eigenvalue weighted by atomic mass is 35.5. The summed E-state index contributed by atoms with van der Waals surface area (Å²) in [6.07, 6.45) is 1.19. The summed E-state index contributed by atoms with van der Waals surface area (Å²) in [6.45, 7) is 6.96. The highest BCUT2D eigenvalue weighted by molar-refractivity contribution is 7.92. The number of hydrogen-bond donors (Lipinski definition) is 1. The normalized spacial score (nSPS) is 12.2. The van der Waals surface area contributed by atoms with Crippen LogP contribution in [0.2, 0.25) is 5.02 Å². The van der Waals surface area contributed by atoms with Gasteiger partial charge in [0.15, 0.2) is 0 Å². The van der Waals surface area contributed by atoms with Crippen molar-refractivity contribution in [3.63, 3.8) is 0 Å². The second-order valence-electron chi connectivity index (χ2n) is 9.17. The first-order valence-corrected chi connectivity index (χ1v) is 14.0. The third kappa shape index (κ3) is 8.16. The summed E-state index contributed by atoms with van der Waals surface area (Å²) in [5, 5.41) is 14.6. The van der Waals surface area contributed by atoms with E-state index < -0.39 is 33.4 Å². The number of rotatable bonds is 12. The average Bonchev–Trinajstić information content (AvgIpc) is 2.81. The van der Waals surface area contributed by atoms with Crippen LogP contribution in [0.5, 0.6) is 0 Å². The standard InChI is InChI=1S/C25H33ClN4O6S/c1-6-22(25(32)27-14-17(2)3)28(15-19-9-7-8-10-21(19)26)24(31)16-29(37(5,35)36)23-13-20(30(33)34)12-11-18(23)4/h7-13,17,22H,6,14-16H2,1-5H3,(H,27,32). The minimum atomic E-state index is -4.03. The van der Waals surface area contributed by atoms with E-state index in [2.05, 4.69) is 5.32 Å². The van der Waals surface area contributed by atoms with E-state index in [1.807, 2.05) is 13.8 Å². The molecule has 202 valence electrons. The Morgan fingerprint density at radius 3 is 2.35 bits per heavy atom. The van der Waals surface area contributed by atoms with Crippen molar-refractivity contribution >= 4 is 44.8 Å². The molecule has 0 radical (unpaired) electrons. The van der Waals surface area contributed by atoms with Crippen molar-refractivity contribution < 1.29 is 22.9 Å². The molecule has 12 heteroatoms. The Labute approximate surface area is 222 Å². The van der Waals surface area contributed by atoms with Crippen LogP contribution in [0.3, 0.4) is 0 Å². The number of aryl methyl sites for hydroxylation is 1. The fraction of sp³-hybridized carbons (Fsp3) is 0.440. The minimum Gasteiger partial charge on any atom is -0.354 e. The summed E-state index contributed by atoms with van der Waals surface area (Å²) in [7, 11) is -4.03. The number of nitrogens with zero attached hydrogens (tertiary/aromatic N) is 3. The predicted molar refractivity (Wildman–Crippen MR) is 144 cm³/mol. The summed E-state index contributed by atoms with van der Waals surface area (Å²) < 4.78 is 26.4. The first-order valence-electron chi connectivity index (χ1n) is 11.8. The summed E-state index contributed by atoms with van der Waals surface area (Å²) in [5.74, 6) is -0.830. The number of carbonyl (C=O) groups excluding carboxylic acids is 2. The van der Waals surface area contributed by atoms with E-state index in [-0.39, 0.29) is 36.2 Å². The lowest BCUT2D eigenvalue weighted by Crippen LogP contribution is -2.52. The molecule has 2 rings (SSSR count). The summed E-state index contributed by atoms with van der Waals surface area (Å²) in [4.78, 5) is 38.8. The Balaban J connectivity index is 2.52. The third-order valence-electron chi connectivity index (χ3n) is 5.72. The quantitative estimate of drug-likeness (QED) is 0.314. The molecule has 10 nitrogen and oxygen atoms in total. The van der Waals surface area contributed by atoms with Gasteiger partial charge < -0.3 is 10.2 Å². The summed E-state index contributed by atoms with van der Waals surface area (Å²) >= 11 is 6.34. The maximum Gasteiger partial charge on any atom is 0.271 e. The number of nitro benzene ring substituents is 1. The molecule has 37 heavy (non-hydrogen) atoms. The van der Waals surface area contributed by atoms with Crippen LogP contribution in [0, 0.1) is 23.0 Å². The van der Waals surface area contributed by atoms with Crippen LogP contribution in [0.25, 0.3) is 0 Å². The number of halogens is 1. The molecule has 0 aliphatic heterocycles. The molecule has 0 aliphatic rings. The lowest BCUT2D eigenvalue weighted by Gasteiger charge is -2.33. The second-order valence-corrected chi connectivity index (χ2v) is 11.5. The van der Waals surface area contributed by atoms with Crippen molar-refractivity contribution in [3.05, 3.63) is 68.7 Å². The molecule has 0 saturated carbocycles. The molecule has 0 heterocycles. The number of amides is 2. The zero-order valence-electron chi connectivity index (χ0n) is 21.6. The van der Waals surface area contributed by atoms with E-state index in [0.717, 1.165) is 16.6 Å². The van der Waals surface area contributed by atoms with Crippen LogP contribution >= 0.6 is 11.6 Å². The van der Waals surface area contributed by atoms with E-state index >= 15 is 0 Å². The molecule has 1 unspecified atom stereocenters. The Kier molecular flexibility index (Phi) is 10.4. The molecule has 1 N–H and O–H groups in total. The maximum absolute atomic E-state index is 13.7. The van der Waals surface area contributed by atoms with Crippen molar-refractivity contribution in [2.45, 2.75) is 46.7 Å². The van der Waals surface area contributed by atoms with Crippen LogP contribution in [0.15, 0.2) is 42.5 Å². The monoisotopic (exact) mass is 552 g/mol. The van der Waals surface area contributed by atoms with Gasteiger partial charge in [-0.2, -0.15) is 0 Å². The van der Waals surface area contributed by atoms with Gasteiger partial charge in [-0.3, -0.25) is 24.0 Å². The summed E-state index contributed by atoms with van der Waals surface area (Å²) in [5.41, 5.74) is 0.724. The van der Waals surface area contributed by atoms with Gasteiger partial charge in [0.2, 0.25) is 21.8 Å². The molecule has 0 saturated heterocycles. The predicted octanol–water partition coefficient (Wildman–Crippen LogP) is 3.90. The number of nitro groups is 1. The number of sulfonamides is 1. The van der Waals surface area contributed by atoms with Gasteiger partial charge in [0.05, 0.1) is 16.9 Å². The van der Waals surface area contributed by atoms with Crippen LogP contribution < -0.4 is 9.62 Å². The van der Waals surface area contributed by atoms with E-state index in [1.165, 1.54) is 17.0 Å². The van der Waals surface area contributed by atoms with Gasteiger partial charge in [0, 0.05) is 30.2 Å². The SMILES string of the molecule is CCC(C(=O)NCC(C)C)N(Cc1ccccc1Cl)C(=O)CN(c1cc([N+](=O)[O-])ccc1C)S(C)(=O)=O. The van der Waals surface area contributed by atoms with E-state index in [4.69, 9.17) is 11.6 Å². The molecule has 0 fully saturated rings. The Morgan fingerprint density at radius 1 is 1.16 bits per heavy atom. The summed E-state index contributed by atoms with van der Waals surface area (Å²) in [6, 6.07) is 9.78. The topological polar surface area (TPSA) is 130 Å². The van der Waals surface area contributed by atoms with Crippen molar-refractivity contribution in [1.29, 1.82) is 0 Å². The van der Waals surface area contributed by atoms with E-state index in [1.54, 1.807) is 38.1 Å². The van der Waals surface area contributed by atoms with Crippen molar-refractivity contribution in [2.24, 2.45) is 5.92 Å². The number of anilines is 1. The smallest absolute Gasteiger partial charge is 0.271 e. The number of benzene rings is 2. The van der Waals surface area contributed by atoms with Gasteiger partial charge in [-0.15, -0.1) is 0 Å². The largest absolute Gasteiger partial charge is 0.354 e. The van der Waals surface area contributed by atoms with E-state index in [0.29, 0.717) is 22.7 Å². The highest BCUT2D eigenvalue weighted by Crippen LogP contribution is 2.28. The Morgan fingerprint density at radius 2 is 1.81 bits per heavy atom. The number of carbonyl (C=O) groups is 2. The van der Waals surface area contributed by atoms with Gasteiger partial charge in [-0.05, 0) is 36.5 Å². The molecule has 1 atom stereocenters. The van der Waals surface area contributed by atoms with Crippen LogP contribution in [0.4, 0.5) is 11.4 Å². The van der Waals surface area contributed by atoms with E-state index in [9.17, 15) is 28.1 Å². The molecule has 0 bridgehead atoms. The van der Waals surface area contributed by atoms with Crippen LogP contribution in [0.1, 0.15) is 38.3 Å². The van der Waals surface area contributed by atoms with Crippen molar-refractivity contribution in [2.75, 3.05) is 23.7 Å². The Hall–Kier alpha value is -3.18. The lowest BCUT2D eigenvalue weighted by molar-refractivity contribution is -0.384. The van der Waals surface area contributed by atoms with Crippen LogP contribution in [-0.4, -0.2) is 55.4 Å². The second kappa shape index (κ2) is 12.9. The lowest BCUT2D eigenvalue weighted by atomic mass is 10.1. The zero-order chi connectivity index (χ0) is 27.9. The fourth-order valence-electron chi connectivity index (χ4n) is 3.73. The molecule has 0 aliphatic carbocycles. The molecule has 0 spiro atoms. The van der Waals surface area contributed by atoms with Crippen LogP contribution in [-0.2, 0) is 26.2 Å². The maximum atomic E-state index is 13.7. The number of hydrogen-bond acceptors (Lipinski definition) is 6. The highest BCUT2D eigenvalue weighted by Gasteiger charge is 2.33.